The van der Waals surface area contributed by atoms with Gasteiger partial charge in [-0.05, 0) is 56.2 Å². The zero-order valence-corrected chi connectivity index (χ0v) is 18.4. The standard InChI is InChI=1S/C21H20N2O6S2/c1-14-19(22-20(30-14)18-5-4-12-28-18)21(25)29-13-17(24)15-6-8-16(9-7-15)31(26,27)23-10-2-3-11-23/h4-9,12H,2-3,10-11,13H2,1H3. The van der Waals surface area contributed by atoms with Gasteiger partial charge in [-0.1, -0.05) is 0 Å². The van der Waals surface area contributed by atoms with E-state index in [2.05, 4.69) is 4.98 Å². The van der Waals surface area contributed by atoms with Crippen molar-refractivity contribution in [2.45, 2.75) is 24.7 Å². The summed E-state index contributed by atoms with van der Waals surface area (Å²) < 4.78 is 37.0. The van der Waals surface area contributed by atoms with Crippen LogP contribution in [0.1, 0.15) is 38.6 Å². The highest BCUT2D eigenvalue weighted by Crippen LogP contribution is 2.28. The van der Waals surface area contributed by atoms with Gasteiger partial charge >= 0.3 is 5.97 Å². The molecule has 3 aromatic rings. The number of benzene rings is 1. The minimum absolute atomic E-state index is 0.135. The zero-order chi connectivity index (χ0) is 22.0. The summed E-state index contributed by atoms with van der Waals surface area (Å²) in [6, 6.07) is 9.14. The number of rotatable bonds is 7. The Hall–Kier alpha value is -2.82. The van der Waals surface area contributed by atoms with E-state index in [1.54, 1.807) is 19.1 Å². The van der Waals surface area contributed by atoms with Gasteiger partial charge in [0.15, 0.2) is 28.9 Å². The fraction of sp³-hybridized carbons (Fsp3) is 0.286. The average Bonchev–Trinajstić information content (AvgIpc) is 3.53. The second-order valence-electron chi connectivity index (χ2n) is 7.04. The molecule has 0 radical (unpaired) electrons. The van der Waals surface area contributed by atoms with Gasteiger partial charge in [0.2, 0.25) is 10.0 Å². The molecule has 0 N–H and O–H groups in total. The first-order valence-corrected chi connectivity index (χ1v) is 11.9. The van der Waals surface area contributed by atoms with Gasteiger partial charge in [-0.2, -0.15) is 4.31 Å². The number of hydrogen-bond donors (Lipinski definition) is 0. The lowest BCUT2D eigenvalue weighted by Gasteiger charge is -2.15. The maximum absolute atomic E-state index is 12.6. The van der Waals surface area contributed by atoms with E-state index in [-0.39, 0.29) is 16.2 Å². The van der Waals surface area contributed by atoms with Crippen molar-refractivity contribution in [3.05, 3.63) is 58.8 Å². The van der Waals surface area contributed by atoms with Crippen molar-refractivity contribution in [2.75, 3.05) is 19.7 Å². The number of hydrogen-bond acceptors (Lipinski definition) is 8. The Labute approximate surface area is 183 Å². The van der Waals surface area contributed by atoms with Crippen LogP contribution in [-0.4, -0.2) is 49.2 Å². The molecule has 0 spiro atoms. The molecule has 1 aliphatic rings. The van der Waals surface area contributed by atoms with Crippen molar-refractivity contribution in [1.29, 1.82) is 0 Å². The first-order valence-electron chi connectivity index (χ1n) is 9.68. The molecule has 10 heteroatoms. The molecule has 0 saturated carbocycles. The third kappa shape index (κ3) is 4.46. The molecule has 4 rings (SSSR count). The highest BCUT2D eigenvalue weighted by Gasteiger charge is 2.27. The van der Waals surface area contributed by atoms with Crippen molar-refractivity contribution in [1.82, 2.24) is 9.29 Å². The topological polar surface area (TPSA) is 107 Å². The highest BCUT2D eigenvalue weighted by molar-refractivity contribution is 7.89. The van der Waals surface area contributed by atoms with Gasteiger partial charge in [0.05, 0.1) is 11.2 Å². The van der Waals surface area contributed by atoms with Gasteiger partial charge in [0, 0.05) is 23.5 Å². The number of Topliss-reactive ketones (excluding diaryl/α,β-unsaturated/α-hetero) is 1. The summed E-state index contributed by atoms with van der Waals surface area (Å²) >= 11 is 1.29. The number of ether oxygens (including phenoxy) is 1. The lowest BCUT2D eigenvalue weighted by molar-refractivity contribution is 0.0469. The molecule has 0 unspecified atom stereocenters. The van der Waals surface area contributed by atoms with Crippen LogP contribution in [0.3, 0.4) is 0 Å². The number of aromatic nitrogens is 1. The second kappa shape index (κ2) is 8.74. The predicted octanol–water partition coefficient (Wildman–Crippen LogP) is 3.54. The molecule has 0 atom stereocenters. The molecule has 1 aliphatic heterocycles. The molecule has 1 aromatic carbocycles. The summed E-state index contributed by atoms with van der Waals surface area (Å²) in [6.07, 6.45) is 3.22. The number of furan rings is 1. The van der Waals surface area contributed by atoms with Crippen molar-refractivity contribution in [3.8, 4) is 10.8 Å². The van der Waals surface area contributed by atoms with Gasteiger partial charge < -0.3 is 9.15 Å². The number of ketones is 1. The molecule has 8 nitrogen and oxygen atoms in total. The van der Waals surface area contributed by atoms with Gasteiger partial charge in [0.25, 0.3) is 0 Å². The lowest BCUT2D eigenvalue weighted by Crippen LogP contribution is -2.27. The number of aryl methyl sites for hydroxylation is 1. The molecule has 0 amide bonds. The van der Waals surface area contributed by atoms with E-state index in [0.29, 0.717) is 28.7 Å². The molecule has 1 fully saturated rings. The van der Waals surface area contributed by atoms with Crippen LogP contribution in [0.25, 0.3) is 10.8 Å². The van der Waals surface area contributed by atoms with Crippen LogP contribution in [0.2, 0.25) is 0 Å². The first-order chi connectivity index (χ1) is 14.9. The lowest BCUT2D eigenvalue weighted by atomic mass is 10.1. The predicted molar refractivity (Wildman–Crippen MR) is 114 cm³/mol. The monoisotopic (exact) mass is 460 g/mol. The largest absolute Gasteiger partial charge is 0.462 e. The van der Waals surface area contributed by atoms with Gasteiger partial charge in [-0.25, -0.2) is 18.2 Å². The normalized spacial score (nSPS) is 14.6. The highest BCUT2D eigenvalue weighted by atomic mass is 32.2. The van der Waals surface area contributed by atoms with Gasteiger partial charge in [-0.15, -0.1) is 11.3 Å². The number of esters is 1. The number of carbonyl (C=O) groups is 2. The van der Waals surface area contributed by atoms with Crippen LogP contribution < -0.4 is 0 Å². The average molecular weight is 461 g/mol. The third-order valence-corrected chi connectivity index (χ3v) is 7.83. The van der Waals surface area contributed by atoms with Crippen molar-refractivity contribution in [3.63, 3.8) is 0 Å². The molecular formula is C21H20N2O6S2. The molecule has 162 valence electrons. The fourth-order valence-corrected chi connectivity index (χ4v) is 5.65. The smallest absolute Gasteiger partial charge is 0.358 e. The van der Waals surface area contributed by atoms with Crippen LogP contribution in [0.5, 0.6) is 0 Å². The Morgan fingerprint density at radius 3 is 2.52 bits per heavy atom. The zero-order valence-electron chi connectivity index (χ0n) is 16.7. The summed E-state index contributed by atoms with van der Waals surface area (Å²) in [7, 11) is -3.54. The fourth-order valence-electron chi connectivity index (χ4n) is 3.26. The number of sulfonamides is 1. The summed E-state index contributed by atoms with van der Waals surface area (Å²) in [6.45, 7) is 2.29. The van der Waals surface area contributed by atoms with E-state index in [9.17, 15) is 18.0 Å². The van der Waals surface area contributed by atoms with Gasteiger partial charge in [0.1, 0.15) is 0 Å². The van der Waals surface area contributed by atoms with Crippen LogP contribution in [0, 0.1) is 6.92 Å². The molecule has 0 aliphatic carbocycles. The molecule has 3 heterocycles. The van der Waals surface area contributed by atoms with Gasteiger partial charge in [-0.3, -0.25) is 4.79 Å². The molecule has 2 aromatic heterocycles. The Morgan fingerprint density at radius 1 is 1.16 bits per heavy atom. The van der Waals surface area contributed by atoms with Crippen LogP contribution in [0.15, 0.2) is 52.0 Å². The van der Waals surface area contributed by atoms with Crippen LogP contribution >= 0.6 is 11.3 Å². The summed E-state index contributed by atoms with van der Waals surface area (Å²) in [5.74, 6) is -0.585. The minimum Gasteiger partial charge on any atom is -0.462 e. The molecule has 31 heavy (non-hydrogen) atoms. The Morgan fingerprint density at radius 2 is 1.87 bits per heavy atom. The van der Waals surface area contributed by atoms with Crippen LogP contribution in [0.4, 0.5) is 0 Å². The molecule has 0 bridgehead atoms. The quantitative estimate of drug-likeness (QED) is 0.392. The summed E-state index contributed by atoms with van der Waals surface area (Å²) in [5, 5.41) is 0.551. The summed E-state index contributed by atoms with van der Waals surface area (Å²) in [4.78, 5) is 29.8. The van der Waals surface area contributed by atoms with E-state index < -0.39 is 28.4 Å². The van der Waals surface area contributed by atoms with Crippen molar-refractivity contribution in [2.24, 2.45) is 0 Å². The number of thiazole rings is 1. The van der Waals surface area contributed by atoms with E-state index in [4.69, 9.17) is 9.15 Å². The summed E-state index contributed by atoms with van der Waals surface area (Å²) in [5.41, 5.74) is 0.399. The van der Waals surface area contributed by atoms with E-state index >= 15 is 0 Å². The maximum atomic E-state index is 12.6. The molecule has 1 saturated heterocycles. The third-order valence-electron chi connectivity index (χ3n) is 4.94. The second-order valence-corrected chi connectivity index (χ2v) is 10.2. The van der Waals surface area contributed by atoms with E-state index in [0.717, 1.165) is 12.8 Å². The van der Waals surface area contributed by atoms with Crippen LogP contribution in [-0.2, 0) is 14.8 Å². The Balaban J connectivity index is 1.39. The maximum Gasteiger partial charge on any atom is 0.358 e. The molecular weight excluding hydrogens is 440 g/mol. The van der Waals surface area contributed by atoms with E-state index in [1.165, 1.54) is 46.2 Å². The van der Waals surface area contributed by atoms with E-state index in [1.807, 2.05) is 0 Å². The Kier molecular flexibility index (Phi) is 6.03. The Bertz CT molecular complexity index is 1190. The number of nitrogens with zero attached hydrogens (tertiary/aromatic N) is 2. The first kappa shape index (κ1) is 21.4. The number of carbonyl (C=O) groups excluding carboxylic acids is 2. The van der Waals surface area contributed by atoms with Crippen molar-refractivity contribution < 1.29 is 27.2 Å². The minimum atomic E-state index is -3.54. The van der Waals surface area contributed by atoms with Crippen molar-refractivity contribution >= 4 is 33.1 Å². The SMILES string of the molecule is Cc1sc(-c2ccco2)nc1C(=O)OCC(=O)c1ccc(S(=O)(=O)N2CCCC2)cc1.